The molecule has 0 aliphatic carbocycles. The number of imide groups is 1. The number of amides is 2. The van der Waals surface area contributed by atoms with E-state index in [9.17, 15) is 19.2 Å². The molecule has 1 fully saturated rings. The molecule has 0 radical (unpaired) electrons. The van der Waals surface area contributed by atoms with Gasteiger partial charge in [-0.25, -0.2) is 4.79 Å². The van der Waals surface area contributed by atoms with Crippen LogP contribution in [-0.4, -0.2) is 29.0 Å². The van der Waals surface area contributed by atoms with Crippen LogP contribution in [0.1, 0.15) is 26.7 Å². The normalized spacial score (nSPS) is 15.6. The molecular weight excluding hydrogens is 218 g/mol. The summed E-state index contributed by atoms with van der Waals surface area (Å²) in [5, 5.41) is 0.315. The fraction of sp³-hybridized carbons (Fsp3) is 0.556. The van der Waals surface area contributed by atoms with Crippen LogP contribution in [0, 0.1) is 5.92 Å². The summed E-state index contributed by atoms with van der Waals surface area (Å²) in [6.45, 7) is 3.06. The topological polar surface area (TPSA) is 90.0 Å². The number of hydrogen-bond donors (Lipinski definition) is 0. The zero-order chi connectivity index (χ0) is 12.3. The molecule has 0 N–H and O–H groups in total. The monoisotopic (exact) mass is 229 g/mol. The van der Waals surface area contributed by atoms with Crippen LogP contribution in [0.4, 0.5) is 4.79 Å². The Balaban J connectivity index is 2.48. The van der Waals surface area contributed by atoms with Crippen molar-refractivity contribution in [2.24, 2.45) is 5.92 Å². The number of esters is 1. The molecule has 2 amide bonds. The molecule has 1 aliphatic heterocycles. The second-order valence-electron chi connectivity index (χ2n) is 3.50. The van der Waals surface area contributed by atoms with Gasteiger partial charge >= 0.3 is 12.1 Å². The molecule has 0 aromatic carbocycles. The largest absolute Gasteiger partial charge is 0.541 e. The average molecular weight is 229 g/mol. The van der Waals surface area contributed by atoms with E-state index in [2.05, 4.69) is 9.57 Å². The van der Waals surface area contributed by atoms with E-state index in [1.54, 1.807) is 0 Å². The summed E-state index contributed by atoms with van der Waals surface area (Å²) < 4.78 is 4.22. The van der Waals surface area contributed by atoms with Gasteiger partial charge in [-0.1, -0.05) is 18.9 Å². The molecule has 0 bridgehead atoms. The lowest BCUT2D eigenvalue weighted by atomic mass is 10.2. The Kier molecular flexibility index (Phi) is 3.60. The summed E-state index contributed by atoms with van der Waals surface area (Å²) in [6, 6.07) is 0. The van der Waals surface area contributed by atoms with Crippen LogP contribution >= 0.6 is 0 Å². The van der Waals surface area contributed by atoms with Crippen molar-refractivity contribution in [2.45, 2.75) is 26.7 Å². The lowest BCUT2D eigenvalue weighted by molar-refractivity contribution is -0.180. The molecule has 1 heterocycles. The van der Waals surface area contributed by atoms with Crippen LogP contribution in [-0.2, 0) is 24.0 Å². The molecule has 1 saturated heterocycles. The Morgan fingerprint density at radius 3 is 2.12 bits per heavy atom. The highest BCUT2D eigenvalue weighted by Crippen LogP contribution is 2.12. The van der Waals surface area contributed by atoms with E-state index in [1.807, 2.05) is 0 Å². The lowest BCUT2D eigenvalue weighted by Gasteiger charge is -2.12. The molecule has 0 aromatic heterocycles. The summed E-state index contributed by atoms with van der Waals surface area (Å²) in [6.07, 6.45) is -1.39. The summed E-state index contributed by atoms with van der Waals surface area (Å²) >= 11 is 0. The van der Waals surface area contributed by atoms with Gasteiger partial charge in [-0.05, 0) is 0 Å². The van der Waals surface area contributed by atoms with Gasteiger partial charge in [-0.15, -0.1) is 0 Å². The fourth-order valence-corrected chi connectivity index (χ4v) is 0.951. The van der Waals surface area contributed by atoms with Crippen LogP contribution in [0.5, 0.6) is 0 Å². The minimum atomic E-state index is -1.37. The Morgan fingerprint density at radius 1 is 1.19 bits per heavy atom. The van der Waals surface area contributed by atoms with Gasteiger partial charge in [-0.3, -0.25) is 19.2 Å². The summed E-state index contributed by atoms with van der Waals surface area (Å²) in [4.78, 5) is 48.3. The number of carbonyl (C=O) groups is 4. The second-order valence-corrected chi connectivity index (χ2v) is 3.50. The highest BCUT2D eigenvalue weighted by molar-refractivity contribution is 6.01. The van der Waals surface area contributed by atoms with Gasteiger partial charge in [-0.2, -0.15) is 0 Å². The fourth-order valence-electron chi connectivity index (χ4n) is 0.951. The molecule has 0 spiro atoms. The summed E-state index contributed by atoms with van der Waals surface area (Å²) in [5.74, 6) is -2.54. The Hall–Kier alpha value is -1.92. The summed E-state index contributed by atoms with van der Waals surface area (Å²) in [7, 11) is 0. The second kappa shape index (κ2) is 4.73. The third kappa shape index (κ3) is 2.78. The van der Waals surface area contributed by atoms with E-state index in [1.165, 1.54) is 13.8 Å². The van der Waals surface area contributed by atoms with E-state index < -0.39 is 29.9 Å². The maximum absolute atomic E-state index is 11.0. The van der Waals surface area contributed by atoms with E-state index >= 15 is 0 Å². The predicted octanol–water partition coefficient (Wildman–Crippen LogP) is 0.386. The molecule has 88 valence electrons. The maximum Gasteiger partial charge on any atom is 0.541 e. The third-order valence-electron chi connectivity index (χ3n) is 1.83. The highest BCUT2D eigenvalue weighted by atomic mass is 16.8. The van der Waals surface area contributed by atoms with E-state index in [4.69, 9.17) is 0 Å². The number of hydrogen-bond acceptors (Lipinski definition) is 6. The quantitative estimate of drug-likeness (QED) is 0.386. The number of carbonyl (C=O) groups excluding carboxylic acids is 4. The van der Waals surface area contributed by atoms with Crippen molar-refractivity contribution >= 4 is 23.9 Å². The van der Waals surface area contributed by atoms with Gasteiger partial charge in [0.1, 0.15) is 0 Å². The van der Waals surface area contributed by atoms with Crippen molar-refractivity contribution in [3.63, 3.8) is 0 Å². The third-order valence-corrected chi connectivity index (χ3v) is 1.83. The first-order valence-corrected chi connectivity index (χ1v) is 4.71. The Morgan fingerprint density at radius 2 is 1.69 bits per heavy atom. The zero-order valence-corrected chi connectivity index (χ0v) is 8.89. The zero-order valence-electron chi connectivity index (χ0n) is 8.89. The van der Waals surface area contributed by atoms with Crippen molar-refractivity contribution in [3.05, 3.63) is 0 Å². The van der Waals surface area contributed by atoms with Crippen molar-refractivity contribution in [1.82, 2.24) is 5.06 Å². The molecule has 7 heteroatoms. The average Bonchev–Trinajstić information content (AvgIpc) is 2.49. The Labute approximate surface area is 91.2 Å². The first kappa shape index (κ1) is 12.2. The van der Waals surface area contributed by atoms with Crippen LogP contribution in [0.2, 0.25) is 0 Å². The molecule has 7 nitrogen and oxygen atoms in total. The minimum absolute atomic E-state index is 0.00968. The van der Waals surface area contributed by atoms with Crippen molar-refractivity contribution in [2.75, 3.05) is 0 Å². The van der Waals surface area contributed by atoms with Crippen molar-refractivity contribution in [1.29, 1.82) is 0 Å². The van der Waals surface area contributed by atoms with Gasteiger partial charge in [0.15, 0.2) is 0 Å². The van der Waals surface area contributed by atoms with Crippen LogP contribution in [0.3, 0.4) is 0 Å². The van der Waals surface area contributed by atoms with Gasteiger partial charge in [0.2, 0.25) is 0 Å². The molecule has 16 heavy (non-hydrogen) atoms. The molecule has 0 aromatic rings. The van der Waals surface area contributed by atoms with Crippen LogP contribution in [0.25, 0.3) is 0 Å². The number of rotatable bonds is 2. The van der Waals surface area contributed by atoms with Gasteiger partial charge in [0.25, 0.3) is 11.8 Å². The number of nitrogens with zero attached hydrogens (tertiary/aromatic N) is 1. The molecule has 0 atom stereocenters. The molecular formula is C9H11NO6. The summed E-state index contributed by atoms with van der Waals surface area (Å²) in [5.41, 5.74) is 0. The van der Waals surface area contributed by atoms with Gasteiger partial charge < -0.3 is 4.74 Å². The predicted molar refractivity (Wildman–Crippen MR) is 48.5 cm³/mol. The number of ether oxygens (including phenoxy) is 1. The van der Waals surface area contributed by atoms with Gasteiger partial charge in [0.05, 0.1) is 5.92 Å². The van der Waals surface area contributed by atoms with E-state index in [0.29, 0.717) is 5.06 Å². The maximum atomic E-state index is 11.0. The van der Waals surface area contributed by atoms with Crippen molar-refractivity contribution < 1.29 is 28.8 Å². The molecule has 0 saturated carbocycles. The van der Waals surface area contributed by atoms with Gasteiger partial charge in [0, 0.05) is 12.8 Å². The SMILES string of the molecule is CC(C)C(=O)OC(=O)ON1C(=O)CCC1=O. The molecule has 1 aliphatic rings. The lowest BCUT2D eigenvalue weighted by Crippen LogP contribution is -2.33. The van der Waals surface area contributed by atoms with E-state index in [-0.39, 0.29) is 12.8 Å². The number of hydroxylamine groups is 2. The van der Waals surface area contributed by atoms with Crippen molar-refractivity contribution in [3.8, 4) is 0 Å². The molecule has 1 rings (SSSR count). The first-order valence-electron chi connectivity index (χ1n) is 4.71. The smallest absolute Gasteiger partial charge is 0.359 e. The van der Waals surface area contributed by atoms with Crippen LogP contribution < -0.4 is 0 Å². The van der Waals surface area contributed by atoms with Crippen LogP contribution in [0.15, 0.2) is 0 Å². The van der Waals surface area contributed by atoms with E-state index in [0.717, 1.165) is 0 Å². The highest BCUT2D eigenvalue weighted by Gasteiger charge is 2.34. The minimum Gasteiger partial charge on any atom is -0.359 e. The Bertz CT molecular complexity index is 332. The molecule has 0 unspecified atom stereocenters. The standard InChI is InChI=1S/C9H11NO6/c1-5(2)8(13)15-9(14)16-10-6(11)3-4-7(10)12/h5H,3-4H2,1-2H3. The first-order chi connectivity index (χ1) is 7.41.